The summed E-state index contributed by atoms with van der Waals surface area (Å²) >= 11 is 0. The van der Waals surface area contributed by atoms with Crippen LogP contribution in [0.25, 0.3) is 0 Å². The predicted octanol–water partition coefficient (Wildman–Crippen LogP) is 3.49. The normalized spacial score (nSPS) is 10.3. The Kier molecular flexibility index (Phi) is 8.32. The van der Waals surface area contributed by atoms with Gasteiger partial charge in [-0.3, -0.25) is 9.59 Å². The van der Waals surface area contributed by atoms with Gasteiger partial charge in [-0.15, -0.1) is 0 Å². The van der Waals surface area contributed by atoms with Crippen molar-refractivity contribution in [2.24, 2.45) is 0 Å². The van der Waals surface area contributed by atoms with Gasteiger partial charge < -0.3 is 20.1 Å². The van der Waals surface area contributed by atoms with Gasteiger partial charge in [-0.05, 0) is 42.8 Å². The number of amides is 2. The number of hydrogen-bond donors (Lipinski definition) is 2. The number of hydrogen-bond acceptors (Lipinski definition) is 4. The molecule has 0 saturated carbocycles. The van der Waals surface area contributed by atoms with Crippen molar-refractivity contribution in [1.82, 2.24) is 5.32 Å². The van der Waals surface area contributed by atoms with Crippen LogP contribution in [-0.2, 0) is 4.74 Å². The molecule has 2 aromatic carbocycles. The quantitative estimate of drug-likeness (QED) is 0.628. The zero-order chi connectivity index (χ0) is 19.5. The van der Waals surface area contributed by atoms with E-state index in [4.69, 9.17) is 9.47 Å². The Morgan fingerprint density at radius 2 is 1.70 bits per heavy atom. The van der Waals surface area contributed by atoms with E-state index in [1.807, 2.05) is 6.07 Å². The van der Waals surface area contributed by atoms with Crippen LogP contribution in [0.4, 0.5) is 5.69 Å². The van der Waals surface area contributed by atoms with Gasteiger partial charge in [0.2, 0.25) is 0 Å². The van der Waals surface area contributed by atoms with Crippen LogP contribution in [0.5, 0.6) is 5.75 Å². The smallest absolute Gasteiger partial charge is 0.259 e. The molecule has 0 radical (unpaired) electrons. The monoisotopic (exact) mass is 370 g/mol. The number of carbonyl (C=O) groups excluding carboxylic acids is 2. The molecule has 0 heterocycles. The molecule has 0 unspecified atom stereocenters. The topological polar surface area (TPSA) is 76.7 Å². The second-order valence-electron chi connectivity index (χ2n) is 5.98. The zero-order valence-corrected chi connectivity index (χ0v) is 15.8. The largest absolute Gasteiger partial charge is 0.493 e. The first-order valence-corrected chi connectivity index (χ1v) is 9.06. The van der Waals surface area contributed by atoms with Gasteiger partial charge in [0.25, 0.3) is 11.8 Å². The summed E-state index contributed by atoms with van der Waals surface area (Å²) in [4.78, 5) is 24.6. The summed E-state index contributed by atoms with van der Waals surface area (Å²) in [5, 5.41) is 5.59. The summed E-state index contributed by atoms with van der Waals surface area (Å²) in [5.74, 6) is 0.136. The Bertz CT molecular complexity index is 744. The molecule has 144 valence electrons. The van der Waals surface area contributed by atoms with Gasteiger partial charge >= 0.3 is 0 Å². The second kappa shape index (κ2) is 11.0. The third-order valence-electron chi connectivity index (χ3n) is 3.88. The highest BCUT2D eigenvalue weighted by Gasteiger charge is 2.13. The van der Waals surface area contributed by atoms with E-state index in [9.17, 15) is 9.59 Å². The highest BCUT2D eigenvalue weighted by atomic mass is 16.5. The lowest BCUT2D eigenvalue weighted by atomic mass is 10.1. The Morgan fingerprint density at radius 1 is 0.963 bits per heavy atom. The van der Waals surface area contributed by atoms with Crippen LogP contribution < -0.4 is 15.4 Å². The summed E-state index contributed by atoms with van der Waals surface area (Å²) in [6, 6.07) is 13.9. The standard InChI is InChI=1S/C21H26N2O4/c1-3-4-14-27-19-8-6-5-7-18(19)21(25)23-17-11-9-16(10-12-17)20(24)22-13-15-26-2/h5-12H,3-4,13-15H2,1-2H3,(H,22,24)(H,23,25). The minimum absolute atomic E-state index is 0.181. The molecule has 2 N–H and O–H groups in total. The number of nitrogens with one attached hydrogen (secondary N) is 2. The first-order valence-electron chi connectivity index (χ1n) is 9.06. The van der Waals surface area contributed by atoms with Crippen molar-refractivity contribution in [3.63, 3.8) is 0 Å². The Labute approximate surface area is 159 Å². The number of benzene rings is 2. The number of methoxy groups -OCH3 is 1. The van der Waals surface area contributed by atoms with E-state index in [1.165, 1.54) is 0 Å². The van der Waals surface area contributed by atoms with Crippen molar-refractivity contribution in [3.05, 3.63) is 59.7 Å². The van der Waals surface area contributed by atoms with Crippen LogP contribution in [0.1, 0.15) is 40.5 Å². The summed E-state index contributed by atoms with van der Waals surface area (Å²) < 4.78 is 10.6. The lowest BCUT2D eigenvalue weighted by Gasteiger charge is -2.12. The van der Waals surface area contributed by atoms with Gasteiger partial charge in [0.15, 0.2) is 0 Å². The molecule has 0 aliphatic carbocycles. The number of rotatable bonds is 10. The van der Waals surface area contributed by atoms with Gasteiger partial charge in [-0.1, -0.05) is 25.5 Å². The Hall–Kier alpha value is -2.86. The fourth-order valence-corrected chi connectivity index (χ4v) is 2.38. The van der Waals surface area contributed by atoms with Gasteiger partial charge in [-0.2, -0.15) is 0 Å². The number of para-hydroxylation sites is 1. The molecular weight excluding hydrogens is 344 g/mol. The fraction of sp³-hybridized carbons (Fsp3) is 0.333. The van der Waals surface area contributed by atoms with E-state index in [0.29, 0.717) is 42.3 Å². The lowest BCUT2D eigenvalue weighted by Crippen LogP contribution is -2.26. The highest BCUT2D eigenvalue weighted by Crippen LogP contribution is 2.20. The maximum atomic E-state index is 12.6. The SMILES string of the molecule is CCCCOc1ccccc1C(=O)Nc1ccc(C(=O)NCCOC)cc1. The van der Waals surface area contributed by atoms with Crippen molar-refractivity contribution >= 4 is 17.5 Å². The van der Waals surface area contributed by atoms with Crippen LogP contribution in [0.3, 0.4) is 0 Å². The number of ether oxygens (including phenoxy) is 2. The summed E-state index contributed by atoms with van der Waals surface area (Å²) in [7, 11) is 1.58. The van der Waals surface area contributed by atoms with Crippen LogP contribution >= 0.6 is 0 Å². The predicted molar refractivity (Wildman–Crippen MR) is 105 cm³/mol. The maximum Gasteiger partial charge on any atom is 0.259 e. The molecule has 6 heteroatoms. The molecule has 0 aliphatic rings. The molecule has 0 bridgehead atoms. The third-order valence-corrected chi connectivity index (χ3v) is 3.88. The molecule has 0 aromatic heterocycles. The van der Waals surface area contributed by atoms with Gasteiger partial charge in [0, 0.05) is 24.9 Å². The van der Waals surface area contributed by atoms with E-state index in [0.717, 1.165) is 12.8 Å². The molecule has 0 fully saturated rings. The van der Waals surface area contributed by atoms with Crippen LogP contribution in [0, 0.1) is 0 Å². The molecule has 0 saturated heterocycles. The van der Waals surface area contributed by atoms with E-state index in [-0.39, 0.29) is 11.8 Å². The molecule has 0 atom stereocenters. The molecule has 2 aromatic rings. The number of unbranched alkanes of at least 4 members (excludes halogenated alkanes) is 1. The van der Waals surface area contributed by atoms with E-state index in [1.54, 1.807) is 49.6 Å². The average molecular weight is 370 g/mol. The zero-order valence-electron chi connectivity index (χ0n) is 15.8. The van der Waals surface area contributed by atoms with Crippen molar-refractivity contribution in [3.8, 4) is 5.75 Å². The lowest BCUT2D eigenvalue weighted by molar-refractivity contribution is 0.0936. The van der Waals surface area contributed by atoms with Gasteiger partial charge in [0.1, 0.15) is 5.75 Å². The van der Waals surface area contributed by atoms with Crippen molar-refractivity contribution < 1.29 is 19.1 Å². The van der Waals surface area contributed by atoms with Crippen LogP contribution in [0.2, 0.25) is 0 Å². The maximum absolute atomic E-state index is 12.6. The minimum atomic E-state index is -0.251. The van der Waals surface area contributed by atoms with E-state index < -0.39 is 0 Å². The number of carbonyl (C=O) groups is 2. The molecule has 2 rings (SSSR count). The van der Waals surface area contributed by atoms with Gasteiger partial charge in [-0.25, -0.2) is 0 Å². The summed E-state index contributed by atoms with van der Waals surface area (Å²) in [6.45, 7) is 3.57. The highest BCUT2D eigenvalue weighted by molar-refractivity contribution is 6.06. The number of anilines is 1. The molecule has 27 heavy (non-hydrogen) atoms. The molecular formula is C21H26N2O4. The first-order chi connectivity index (χ1) is 13.2. The Balaban J connectivity index is 1.99. The van der Waals surface area contributed by atoms with Crippen LogP contribution in [0.15, 0.2) is 48.5 Å². The minimum Gasteiger partial charge on any atom is -0.493 e. The van der Waals surface area contributed by atoms with E-state index >= 15 is 0 Å². The van der Waals surface area contributed by atoms with Crippen molar-refractivity contribution in [2.45, 2.75) is 19.8 Å². The Morgan fingerprint density at radius 3 is 2.41 bits per heavy atom. The molecule has 6 nitrogen and oxygen atoms in total. The first kappa shape index (κ1) is 20.5. The van der Waals surface area contributed by atoms with Gasteiger partial charge in [0.05, 0.1) is 18.8 Å². The fourth-order valence-electron chi connectivity index (χ4n) is 2.38. The van der Waals surface area contributed by atoms with Crippen molar-refractivity contribution in [1.29, 1.82) is 0 Å². The van der Waals surface area contributed by atoms with Crippen LogP contribution in [-0.4, -0.2) is 38.7 Å². The third kappa shape index (κ3) is 6.42. The van der Waals surface area contributed by atoms with E-state index in [2.05, 4.69) is 17.6 Å². The average Bonchev–Trinajstić information content (AvgIpc) is 2.69. The summed E-state index contributed by atoms with van der Waals surface area (Å²) in [5.41, 5.74) is 1.61. The van der Waals surface area contributed by atoms with Crippen molar-refractivity contribution in [2.75, 3.05) is 32.2 Å². The molecule has 0 aliphatic heterocycles. The molecule has 2 amide bonds. The second-order valence-corrected chi connectivity index (χ2v) is 5.98. The molecule has 0 spiro atoms. The summed E-state index contributed by atoms with van der Waals surface area (Å²) in [6.07, 6.45) is 1.96.